The lowest BCUT2D eigenvalue weighted by atomic mass is 9.96. The Morgan fingerprint density at radius 1 is 1.05 bits per heavy atom. The molecule has 1 atom stereocenters. The number of nitrogens with one attached hydrogen (secondary N) is 1. The highest BCUT2D eigenvalue weighted by Crippen LogP contribution is 2.19. The molecule has 0 bridgehead atoms. The lowest BCUT2D eigenvalue weighted by molar-refractivity contribution is -0.121. The quantitative estimate of drug-likeness (QED) is 0.877. The first-order valence-corrected chi connectivity index (χ1v) is 7.02. The maximum absolute atomic E-state index is 12.0. The summed E-state index contributed by atoms with van der Waals surface area (Å²) in [5.74, 6) is 0.341. The largest absolute Gasteiger partial charge is 0.352 e. The second kappa shape index (κ2) is 6.90. The van der Waals surface area contributed by atoms with Crippen molar-refractivity contribution >= 4 is 5.91 Å². The van der Waals surface area contributed by atoms with Crippen LogP contribution in [0.25, 0.3) is 0 Å². The Labute approximate surface area is 120 Å². The molecular formula is C18H21NO. The number of carbonyl (C=O) groups excluding carboxylic acids is 1. The van der Waals surface area contributed by atoms with Gasteiger partial charge in [-0.05, 0) is 24.0 Å². The molecule has 2 aromatic rings. The van der Waals surface area contributed by atoms with Gasteiger partial charge >= 0.3 is 0 Å². The van der Waals surface area contributed by atoms with Crippen molar-refractivity contribution in [3.63, 3.8) is 0 Å². The van der Waals surface area contributed by atoms with Crippen molar-refractivity contribution in [1.29, 1.82) is 0 Å². The van der Waals surface area contributed by atoms with E-state index in [1.807, 2.05) is 30.3 Å². The molecule has 0 saturated carbocycles. The van der Waals surface area contributed by atoms with Crippen molar-refractivity contribution in [1.82, 2.24) is 5.32 Å². The van der Waals surface area contributed by atoms with Crippen LogP contribution >= 0.6 is 0 Å². The van der Waals surface area contributed by atoms with E-state index < -0.39 is 0 Å². The number of carbonyl (C=O) groups is 1. The Morgan fingerprint density at radius 2 is 1.70 bits per heavy atom. The molecule has 0 saturated heterocycles. The van der Waals surface area contributed by atoms with Gasteiger partial charge in [-0.3, -0.25) is 4.79 Å². The Morgan fingerprint density at radius 3 is 2.35 bits per heavy atom. The van der Waals surface area contributed by atoms with E-state index in [1.165, 1.54) is 11.1 Å². The number of aryl methyl sites for hydroxylation is 1. The molecule has 0 aliphatic rings. The van der Waals surface area contributed by atoms with Crippen LogP contribution in [0, 0.1) is 6.92 Å². The molecule has 0 radical (unpaired) electrons. The van der Waals surface area contributed by atoms with Crippen molar-refractivity contribution in [3.05, 3.63) is 71.3 Å². The van der Waals surface area contributed by atoms with Gasteiger partial charge in [-0.15, -0.1) is 0 Å². The van der Waals surface area contributed by atoms with E-state index in [9.17, 15) is 4.79 Å². The van der Waals surface area contributed by atoms with Crippen LogP contribution in [0.15, 0.2) is 54.6 Å². The Hall–Kier alpha value is -2.09. The molecule has 2 aromatic carbocycles. The van der Waals surface area contributed by atoms with Crippen LogP contribution in [-0.4, -0.2) is 5.91 Å². The Kier molecular flexibility index (Phi) is 4.94. The molecule has 2 nitrogen and oxygen atoms in total. The highest BCUT2D eigenvalue weighted by molar-refractivity contribution is 5.76. The highest BCUT2D eigenvalue weighted by atomic mass is 16.1. The van der Waals surface area contributed by atoms with Crippen molar-refractivity contribution in [2.24, 2.45) is 0 Å². The SMILES string of the molecule is Cc1ccc(C(C)CC(=O)NCc2ccccc2)cc1. The fourth-order valence-corrected chi connectivity index (χ4v) is 2.16. The maximum atomic E-state index is 12.0. The summed E-state index contributed by atoms with van der Waals surface area (Å²) >= 11 is 0. The minimum Gasteiger partial charge on any atom is -0.352 e. The summed E-state index contributed by atoms with van der Waals surface area (Å²) in [5, 5.41) is 2.97. The van der Waals surface area contributed by atoms with Crippen molar-refractivity contribution in [2.75, 3.05) is 0 Å². The first-order valence-electron chi connectivity index (χ1n) is 7.02. The minimum absolute atomic E-state index is 0.0990. The molecule has 0 aliphatic carbocycles. The summed E-state index contributed by atoms with van der Waals surface area (Å²) in [6, 6.07) is 18.4. The van der Waals surface area contributed by atoms with E-state index in [-0.39, 0.29) is 11.8 Å². The molecule has 0 heterocycles. The van der Waals surface area contributed by atoms with Gasteiger partial charge < -0.3 is 5.32 Å². The minimum atomic E-state index is 0.0990. The number of hydrogen-bond donors (Lipinski definition) is 1. The summed E-state index contributed by atoms with van der Waals surface area (Å²) in [4.78, 5) is 12.0. The standard InChI is InChI=1S/C18H21NO/c1-14-8-10-17(11-9-14)15(2)12-18(20)19-13-16-6-4-3-5-7-16/h3-11,15H,12-13H2,1-2H3,(H,19,20). The summed E-state index contributed by atoms with van der Waals surface area (Å²) < 4.78 is 0. The van der Waals surface area contributed by atoms with E-state index in [4.69, 9.17) is 0 Å². The average Bonchev–Trinajstić information content (AvgIpc) is 2.47. The van der Waals surface area contributed by atoms with Crippen LogP contribution in [0.2, 0.25) is 0 Å². The van der Waals surface area contributed by atoms with Crippen LogP contribution in [-0.2, 0) is 11.3 Å². The van der Waals surface area contributed by atoms with Crippen molar-refractivity contribution < 1.29 is 4.79 Å². The smallest absolute Gasteiger partial charge is 0.220 e. The van der Waals surface area contributed by atoms with Gasteiger partial charge in [-0.2, -0.15) is 0 Å². The molecule has 1 unspecified atom stereocenters. The first kappa shape index (κ1) is 14.3. The van der Waals surface area contributed by atoms with Crippen molar-refractivity contribution in [3.8, 4) is 0 Å². The van der Waals surface area contributed by atoms with Gasteiger partial charge in [0, 0.05) is 13.0 Å². The summed E-state index contributed by atoms with van der Waals surface area (Å²) in [7, 11) is 0. The molecule has 1 amide bonds. The van der Waals surface area contributed by atoms with Gasteiger partial charge in [0.05, 0.1) is 0 Å². The second-order valence-corrected chi connectivity index (χ2v) is 5.28. The molecule has 1 N–H and O–H groups in total. The number of benzene rings is 2. The van der Waals surface area contributed by atoms with Crippen molar-refractivity contribution in [2.45, 2.75) is 32.7 Å². The summed E-state index contributed by atoms with van der Waals surface area (Å²) in [5.41, 5.74) is 3.59. The lowest BCUT2D eigenvalue weighted by Gasteiger charge is -2.12. The Balaban J connectivity index is 1.83. The van der Waals surface area contributed by atoms with Crippen LogP contribution in [0.5, 0.6) is 0 Å². The first-order chi connectivity index (χ1) is 9.65. The zero-order valence-electron chi connectivity index (χ0n) is 12.1. The molecule has 0 aromatic heterocycles. The van der Waals surface area contributed by atoms with Crippen LogP contribution < -0.4 is 5.32 Å². The fraction of sp³-hybridized carbons (Fsp3) is 0.278. The van der Waals surface area contributed by atoms with Crippen LogP contribution in [0.1, 0.15) is 36.0 Å². The zero-order valence-corrected chi connectivity index (χ0v) is 12.1. The molecule has 104 valence electrons. The molecule has 20 heavy (non-hydrogen) atoms. The third-order valence-corrected chi connectivity index (χ3v) is 3.47. The maximum Gasteiger partial charge on any atom is 0.220 e. The van der Waals surface area contributed by atoms with Gasteiger partial charge in [0.15, 0.2) is 0 Å². The second-order valence-electron chi connectivity index (χ2n) is 5.28. The zero-order chi connectivity index (χ0) is 14.4. The molecule has 0 spiro atoms. The Bertz CT molecular complexity index is 545. The fourth-order valence-electron chi connectivity index (χ4n) is 2.16. The van der Waals surface area contributed by atoms with Gasteiger partial charge in [-0.1, -0.05) is 67.1 Å². The molecule has 2 heteroatoms. The van der Waals surface area contributed by atoms with Crippen LogP contribution in [0.4, 0.5) is 0 Å². The third kappa shape index (κ3) is 4.23. The van der Waals surface area contributed by atoms with E-state index in [0.29, 0.717) is 13.0 Å². The van der Waals surface area contributed by atoms with Gasteiger partial charge in [0.25, 0.3) is 0 Å². The number of hydrogen-bond acceptors (Lipinski definition) is 1. The van der Waals surface area contributed by atoms with E-state index in [2.05, 4.69) is 43.4 Å². The van der Waals surface area contributed by atoms with E-state index in [0.717, 1.165) is 5.56 Å². The normalized spacial score (nSPS) is 11.9. The summed E-state index contributed by atoms with van der Waals surface area (Å²) in [6.45, 7) is 4.76. The molecule has 0 aliphatic heterocycles. The average molecular weight is 267 g/mol. The van der Waals surface area contributed by atoms with Crippen LogP contribution in [0.3, 0.4) is 0 Å². The molecular weight excluding hydrogens is 246 g/mol. The molecule has 2 rings (SSSR count). The monoisotopic (exact) mass is 267 g/mol. The van der Waals surface area contributed by atoms with E-state index >= 15 is 0 Å². The number of amides is 1. The van der Waals surface area contributed by atoms with Gasteiger partial charge in [0.2, 0.25) is 5.91 Å². The predicted molar refractivity (Wildman–Crippen MR) is 82.5 cm³/mol. The summed E-state index contributed by atoms with van der Waals surface area (Å²) in [6.07, 6.45) is 0.524. The highest BCUT2D eigenvalue weighted by Gasteiger charge is 2.10. The van der Waals surface area contributed by atoms with Gasteiger partial charge in [0.1, 0.15) is 0 Å². The third-order valence-electron chi connectivity index (χ3n) is 3.47. The van der Waals surface area contributed by atoms with E-state index in [1.54, 1.807) is 0 Å². The molecule has 0 fully saturated rings. The predicted octanol–water partition coefficient (Wildman–Crippen LogP) is 3.81. The topological polar surface area (TPSA) is 29.1 Å². The lowest BCUT2D eigenvalue weighted by Crippen LogP contribution is -2.24. The van der Waals surface area contributed by atoms with Gasteiger partial charge in [-0.25, -0.2) is 0 Å². The number of rotatable bonds is 5.